The van der Waals surface area contributed by atoms with Crippen LogP contribution >= 0.6 is 0 Å². The third-order valence-corrected chi connectivity index (χ3v) is 2.71. The Morgan fingerprint density at radius 3 is 2.83 bits per heavy atom. The van der Waals surface area contributed by atoms with Crippen LogP contribution in [0.2, 0.25) is 0 Å². The van der Waals surface area contributed by atoms with Gasteiger partial charge < -0.3 is 25.4 Å². The predicted molar refractivity (Wildman–Crippen MR) is 79.7 cm³/mol. The van der Waals surface area contributed by atoms with Crippen molar-refractivity contribution in [2.24, 2.45) is 0 Å². The number of tetrazole rings is 1. The van der Waals surface area contributed by atoms with Crippen molar-refractivity contribution < 1.29 is 19.6 Å². The monoisotopic (exact) mass is 335 g/mol. The molecule has 12 heteroatoms. The number of benzene rings is 1. The minimum absolute atomic E-state index is 0.0862. The summed E-state index contributed by atoms with van der Waals surface area (Å²) >= 11 is 0. The quantitative estimate of drug-likeness (QED) is 0.490. The summed E-state index contributed by atoms with van der Waals surface area (Å²) in [6, 6.07) is 4.11. The summed E-state index contributed by atoms with van der Waals surface area (Å²) in [5, 5.41) is 30.1. The summed E-state index contributed by atoms with van der Waals surface area (Å²) in [4.78, 5) is 22.6. The third kappa shape index (κ3) is 3.94. The molecule has 0 radical (unpaired) electrons. The maximum absolute atomic E-state index is 12.0. The van der Waals surface area contributed by atoms with E-state index in [1.807, 2.05) is 0 Å². The van der Waals surface area contributed by atoms with Crippen LogP contribution < -0.4 is 15.6 Å². The Hall–Kier alpha value is -3.70. The summed E-state index contributed by atoms with van der Waals surface area (Å²) in [5.74, 6) is -1.05. The normalized spacial score (nSPS) is 11.0. The lowest BCUT2D eigenvalue weighted by Crippen LogP contribution is -2.36. The van der Waals surface area contributed by atoms with Gasteiger partial charge >= 0.3 is 5.95 Å². The van der Waals surface area contributed by atoms with Crippen molar-refractivity contribution in [1.82, 2.24) is 31.1 Å². The van der Waals surface area contributed by atoms with E-state index in [1.165, 1.54) is 31.5 Å². The molecule has 2 aromatic rings. The van der Waals surface area contributed by atoms with Crippen LogP contribution in [-0.2, 0) is 0 Å². The number of hydrazine groups is 1. The number of phenols is 1. The fourth-order valence-electron chi connectivity index (χ4n) is 1.60. The first-order valence-corrected chi connectivity index (χ1v) is 6.46. The minimum atomic E-state index is -0.778. The number of nitrogens with one attached hydrogen (secondary N) is 2. The topological polar surface area (TPSA) is 157 Å². The number of hydrogen-bond donors (Lipinski definition) is 3. The van der Waals surface area contributed by atoms with Crippen molar-refractivity contribution in [3.05, 3.63) is 39.6 Å². The van der Waals surface area contributed by atoms with E-state index in [2.05, 4.69) is 26.3 Å². The van der Waals surface area contributed by atoms with Crippen molar-refractivity contribution >= 4 is 18.1 Å². The molecule has 12 nitrogen and oxygen atoms in total. The highest BCUT2D eigenvalue weighted by Gasteiger charge is 2.14. The Bertz CT molecular complexity index is 801. The van der Waals surface area contributed by atoms with Crippen LogP contribution in [0.25, 0.3) is 6.20 Å². The number of amides is 1. The molecule has 1 aromatic heterocycles. The molecule has 0 fully saturated rings. The van der Waals surface area contributed by atoms with Crippen LogP contribution in [0.5, 0.6) is 11.5 Å². The number of carbonyl (C=O) groups is 1. The van der Waals surface area contributed by atoms with Crippen molar-refractivity contribution in [2.45, 2.75) is 6.92 Å². The van der Waals surface area contributed by atoms with Gasteiger partial charge in [-0.25, -0.2) is 0 Å². The van der Waals surface area contributed by atoms with Crippen molar-refractivity contribution in [1.29, 1.82) is 0 Å². The number of allylic oxidation sites excluding steroid dienone is 1. The number of nitro groups is 1. The predicted octanol–water partition coefficient (Wildman–Crippen LogP) is 0.0484. The molecule has 0 aliphatic carbocycles. The fourth-order valence-corrected chi connectivity index (χ4v) is 1.60. The van der Waals surface area contributed by atoms with Gasteiger partial charge in [-0.15, -0.1) is 0 Å². The average molecular weight is 335 g/mol. The zero-order valence-corrected chi connectivity index (χ0v) is 12.6. The van der Waals surface area contributed by atoms with Gasteiger partial charge in [-0.1, -0.05) is 4.80 Å². The Labute approximate surface area is 134 Å². The Balaban J connectivity index is 1.99. The highest BCUT2D eigenvalue weighted by molar-refractivity contribution is 5.94. The van der Waals surface area contributed by atoms with Gasteiger partial charge in [0.1, 0.15) is 0 Å². The van der Waals surface area contributed by atoms with Gasteiger partial charge in [-0.2, -0.15) is 0 Å². The van der Waals surface area contributed by atoms with E-state index in [0.717, 1.165) is 4.80 Å². The van der Waals surface area contributed by atoms with Crippen molar-refractivity contribution in [2.75, 3.05) is 7.11 Å². The first-order valence-electron chi connectivity index (χ1n) is 6.46. The molecule has 0 spiro atoms. The van der Waals surface area contributed by atoms with E-state index >= 15 is 0 Å². The Morgan fingerprint density at radius 2 is 2.21 bits per heavy atom. The second kappa shape index (κ2) is 7.04. The number of phenolic OH excluding ortho intramolecular Hbond substituents is 1. The Kier molecular flexibility index (Phi) is 4.89. The average Bonchev–Trinajstić information content (AvgIpc) is 3.01. The molecule has 0 unspecified atom stereocenters. The number of aromatic nitrogens is 4. The molecule has 126 valence electrons. The van der Waals surface area contributed by atoms with Crippen molar-refractivity contribution in [3.8, 4) is 11.5 Å². The summed E-state index contributed by atoms with van der Waals surface area (Å²) in [6.45, 7) is 1.58. The lowest BCUT2D eigenvalue weighted by molar-refractivity contribution is -0.394. The molecule has 0 aliphatic rings. The first kappa shape index (κ1) is 16.7. The molecule has 1 aromatic carbocycles. The first-order chi connectivity index (χ1) is 11.4. The molecule has 3 N–H and O–H groups in total. The molecule has 0 saturated carbocycles. The SMILES string of the molecule is COc1cc(C(=O)NN/C(C)=C\n2nnc([N+](=O)[O-])n2)ccc1O. The Morgan fingerprint density at radius 1 is 1.46 bits per heavy atom. The largest absolute Gasteiger partial charge is 0.515 e. The van der Waals surface area contributed by atoms with Gasteiger partial charge in [0, 0.05) is 11.3 Å². The number of methoxy groups -OCH3 is 1. The van der Waals surface area contributed by atoms with E-state index in [4.69, 9.17) is 4.74 Å². The summed E-state index contributed by atoms with van der Waals surface area (Å²) in [6.07, 6.45) is 1.29. The number of hydrogen-bond acceptors (Lipinski definition) is 9. The second-order valence-electron chi connectivity index (χ2n) is 4.44. The van der Waals surface area contributed by atoms with Gasteiger partial charge in [0.2, 0.25) is 0 Å². The number of nitrogens with zero attached hydrogens (tertiary/aromatic N) is 5. The summed E-state index contributed by atoms with van der Waals surface area (Å²) in [5.41, 5.74) is 5.62. The molecule has 1 amide bonds. The van der Waals surface area contributed by atoms with Gasteiger partial charge in [-0.3, -0.25) is 10.2 Å². The highest BCUT2D eigenvalue weighted by Crippen LogP contribution is 2.26. The standard InChI is InChI=1S/C12H13N7O5/c1-7(6-18-16-12(15-17-18)19(22)23)13-14-11(21)8-3-4-9(20)10(5-8)24-2/h3-6,13,20H,1-2H3,(H,14,21)/b7-6-. The second-order valence-corrected chi connectivity index (χ2v) is 4.44. The maximum atomic E-state index is 12.0. The van der Waals surface area contributed by atoms with Crippen LogP contribution in [0.1, 0.15) is 17.3 Å². The van der Waals surface area contributed by atoms with Crippen LogP contribution in [-0.4, -0.2) is 43.3 Å². The molecule has 0 bridgehead atoms. The molecule has 1 heterocycles. The van der Waals surface area contributed by atoms with Gasteiger partial charge in [0.25, 0.3) is 5.91 Å². The van der Waals surface area contributed by atoms with E-state index in [0.29, 0.717) is 5.70 Å². The molecule has 2 rings (SSSR count). The van der Waals surface area contributed by atoms with Gasteiger partial charge in [0.15, 0.2) is 11.5 Å². The van der Waals surface area contributed by atoms with E-state index in [9.17, 15) is 20.0 Å². The number of ether oxygens (including phenoxy) is 1. The van der Waals surface area contributed by atoms with Gasteiger partial charge in [0.05, 0.1) is 28.7 Å². The van der Waals surface area contributed by atoms with Crippen LogP contribution in [0.3, 0.4) is 0 Å². The molecular weight excluding hydrogens is 322 g/mol. The van der Waals surface area contributed by atoms with E-state index in [-0.39, 0.29) is 17.1 Å². The molecule has 0 saturated heterocycles. The number of carbonyl (C=O) groups excluding carboxylic acids is 1. The van der Waals surface area contributed by atoms with Crippen LogP contribution in [0.15, 0.2) is 23.9 Å². The van der Waals surface area contributed by atoms with Crippen LogP contribution in [0, 0.1) is 10.1 Å². The van der Waals surface area contributed by atoms with E-state index < -0.39 is 16.8 Å². The number of rotatable bonds is 6. The maximum Gasteiger partial charge on any atom is 0.515 e. The van der Waals surface area contributed by atoms with Crippen LogP contribution in [0.4, 0.5) is 5.95 Å². The zero-order valence-electron chi connectivity index (χ0n) is 12.6. The lowest BCUT2D eigenvalue weighted by atomic mass is 10.2. The number of aromatic hydroxyl groups is 1. The zero-order chi connectivity index (χ0) is 17.7. The molecule has 0 atom stereocenters. The third-order valence-electron chi connectivity index (χ3n) is 2.71. The molecular formula is C12H13N7O5. The molecule has 0 aliphatic heterocycles. The van der Waals surface area contributed by atoms with Crippen molar-refractivity contribution in [3.63, 3.8) is 0 Å². The highest BCUT2D eigenvalue weighted by atomic mass is 16.6. The minimum Gasteiger partial charge on any atom is -0.504 e. The fraction of sp³-hybridized carbons (Fsp3) is 0.167. The molecule has 24 heavy (non-hydrogen) atoms. The summed E-state index contributed by atoms with van der Waals surface area (Å²) in [7, 11) is 1.37. The van der Waals surface area contributed by atoms with E-state index in [1.54, 1.807) is 6.92 Å². The smallest absolute Gasteiger partial charge is 0.504 e. The van der Waals surface area contributed by atoms with Gasteiger partial charge in [-0.05, 0) is 30.0 Å². The lowest BCUT2D eigenvalue weighted by Gasteiger charge is -2.09. The summed E-state index contributed by atoms with van der Waals surface area (Å²) < 4.78 is 4.92.